The van der Waals surface area contributed by atoms with E-state index < -0.39 is 46.2 Å². The molecule has 0 aliphatic rings. The number of carbonyl (C=O) groups is 4. The van der Waals surface area contributed by atoms with Crippen LogP contribution in [0.4, 0.5) is 0 Å². The molecule has 9 heteroatoms. The fourth-order valence-electron chi connectivity index (χ4n) is 7.36. The Balaban J connectivity index is 3.25. The predicted molar refractivity (Wildman–Crippen MR) is 196 cm³/mol. The molecule has 0 saturated heterocycles. The van der Waals surface area contributed by atoms with Gasteiger partial charge < -0.3 is 25.5 Å². The molecule has 1 unspecified atom stereocenters. The van der Waals surface area contributed by atoms with Crippen LogP contribution in [-0.2, 0) is 29.5 Å². The molecule has 0 aliphatic heterocycles. The standard InChI is InChI=1S/C41H60O9/c1-5-9-13-17-21-29-30(22-18-14-10-6-2)35(32(23-19-15-11-7-3)36(42)34(29)39(47)48)41(40(49)50,26-20-16-12-8-4)28-24-25-31(37(43)44)33(27-28)38(45)46/h24-25,27,42H,5-23,26H2,1-4H3,(H,43,44)(H,45,46)(H,47,48)(H,49,50). The highest BCUT2D eigenvalue weighted by Crippen LogP contribution is 2.48. The van der Waals surface area contributed by atoms with E-state index in [4.69, 9.17) is 0 Å². The molecular weight excluding hydrogens is 636 g/mol. The van der Waals surface area contributed by atoms with Crippen molar-refractivity contribution in [3.63, 3.8) is 0 Å². The minimum absolute atomic E-state index is 0.0683. The largest absolute Gasteiger partial charge is 0.507 e. The van der Waals surface area contributed by atoms with Gasteiger partial charge in [0.15, 0.2) is 0 Å². The molecule has 5 N–H and O–H groups in total. The van der Waals surface area contributed by atoms with Crippen molar-refractivity contribution in [1.82, 2.24) is 0 Å². The van der Waals surface area contributed by atoms with Crippen LogP contribution in [0.15, 0.2) is 18.2 Å². The average Bonchev–Trinajstić information content (AvgIpc) is 3.07. The van der Waals surface area contributed by atoms with E-state index >= 15 is 0 Å². The van der Waals surface area contributed by atoms with Gasteiger partial charge >= 0.3 is 23.9 Å². The Morgan fingerprint density at radius 2 is 1.00 bits per heavy atom. The molecule has 0 amide bonds. The number of carboxylic acids is 4. The zero-order valence-electron chi connectivity index (χ0n) is 30.7. The molecule has 50 heavy (non-hydrogen) atoms. The van der Waals surface area contributed by atoms with Gasteiger partial charge in [0.25, 0.3) is 0 Å². The van der Waals surface area contributed by atoms with Crippen molar-refractivity contribution < 1.29 is 44.7 Å². The molecule has 0 aliphatic carbocycles. The van der Waals surface area contributed by atoms with Crippen molar-refractivity contribution in [1.29, 1.82) is 0 Å². The van der Waals surface area contributed by atoms with E-state index in [2.05, 4.69) is 20.8 Å². The highest BCUT2D eigenvalue weighted by molar-refractivity contribution is 6.02. The molecule has 0 bridgehead atoms. The van der Waals surface area contributed by atoms with Crippen LogP contribution in [0.3, 0.4) is 0 Å². The lowest BCUT2D eigenvalue weighted by Gasteiger charge is -2.37. The van der Waals surface area contributed by atoms with Crippen LogP contribution in [0.2, 0.25) is 0 Å². The van der Waals surface area contributed by atoms with Crippen LogP contribution in [0.1, 0.15) is 196 Å². The summed E-state index contributed by atoms with van der Waals surface area (Å²) in [5.74, 6) is -5.84. The number of hydrogen-bond acceptors (Lipinski definition) is 5. The number of carboxylic acid groups (broad SMARTS) is 4. The second-order valence-corrected chi connectivity index (χ2v) is 13.7. The zero-order valence-corrected chi connectivity index (χ0v) is 30.7. The molecule has 0 aromatic heterocycles. The third-order valence-corrected chi connectivity index (χ3v) is 10.0. The quantitative estimate of drug-likeness (QED) is 0.0601. The van der Waals surface area contributed by atoms with Crippen LogP contribution in [0.25, 0.3) is 0 Å². The fourth-order valence-corrected chi connectivity index (χ4v) is 7.36. The van der Waals surface area contributed by atoms with E-state index in [1.807, 2.05) is 6.92 Å². The van der Waals surface area contributed by atoms with Crippen LogP contribution >= 0.6 is 0 Å². The van der Waals surface area contributed by atoms with E-state index in [9.17, 15) is 44.7 Å². The van der Waals surface area contributed by atoms with E-state index in [-0.39, 0.29) is 24.0 Å². The maximum Gasteiger partial charge on any atom is 0.339 e. The maximum atomic E-state index is 14.1. The van der Waals surface area contributed by atoms with Crippen molar-refractivity contribution in [2.75, 3.05) is 0 Å². The number of aliphatic carboxylic acids is 1. The molecule has 2 rings (SSSR count). The second-order valence-electron chi connectivity index (χ2n) is 13.7. The number of phenols is 1. The van der Waals surface area contributed by atoms with Crippen LogP contribution in [0.5, 0.6) is 5.75 Å². The summed E-state index contributed by atoms with van der Waals surface area (Å²) in [6.07, 6.45) is 14.2. The smallest absolute Gasteiger partial charge is 0.339 e. The summed E-state index contributed by atoms with van der Waals surface area (Å²) in [4.78, 5) is 51.6. The summed E-state index contributed by atoms with van der Waals surface area (Å²) in [5, 5.41) is 54.1. The first-order chi connectivity index (χ1) is 23.9. The summed E-state index contributed by atoms with van der Waals surface area (Å²) in [7, 11) is 0. The molecule has 0 heterocycles. The lowest BCUT2D eigenvalue weighted by molar-refractivity contribution is -0.142. The SMILES string of the molecule is CCCCCCc1c(CCCCCC)c(C(CCCCCC)(C(=O)O)c2ccc(C(=O)O)c(C(=O)O)c2)c(CCCCCC)c(O)c1C(=O)O. The minimum atomic E-state index is -1.87. The zero-order chi connectivity index (χ0) is 37.3. The molecule has 2 aromatic carbocycles. The first kappa shape index (κ1) is 42.3. The highest BCUT2D eigenvalue weighted by atomic mass is 16.4. The third kappa shape index (κ3) is 10.6. The van der Waals surface area contributed by atoms with Gasteiger partial charge in [-0.3, -0.25) is 4.79 Å². The summed E-state index contributed by atoms with van der Waals surface area (Å²) in [6, 6.07) is 3.73. The van der Waals surface area contributed by atoms with E-state index in [1.54, 1.807) is 0 Å². The molecule has 0 fully saturated rings. The summed E-state index contributed by atoms with van der Waals surface area (Å²) in [5.41, 5.74) is -1.17. The molecule has 0 saturated carbocycles. The number of unbranched alkanes of at least 4 members (excludes halogenated alkanes) is 12. The third-order valence-electron chi connectivity index (χ3n) is 10.0. The summed E-state index contributed by atoms with van der Waals surface area (Å²) in [6.45, 7) is 8.29. The molecule has 9 nitrogen and oxygen atoms in total. The number of aromatic carboxylic acids is 3. The van der Waals surface area contributed by atoms with Gasteiger partial charge in [-0.2, -0.15) is 0 Å². The number of benzene rings is 2. The Hall–Kier alpha value is -3.88. The van der Waals surface area contributed by atoms with Gasteiger partial charge in [0, 0.05) is 0 Å². The van der Waals surface area contributed by atoms with E-state index in [0.29, 0.717) is 67.2 Å². The lowest BCUT2D eigenvalue weighted by Crippen LogP contribution is -2.40. The minimum Gasteiger partial charge on any atom is -0.507 e. The van der Waals surface area contributed by atoms with Crippen molar-refractivity contribution >= 4 is 23.9 Å². The van der Waals surface area contributed by atoms with Crippen molar-refractivity contribution in [2.24, 2.45) is 0 Å². The van der Waals surface area contributed by atoms with Crippen LogP contribution in [-0.4, -0.2) is 49.4 Å². The highest BCUT2D eigenvalue weighted by Gasteiger charge is 2.47. The van der Waals surface area contributed by atoms with Crippen LogP contribution < -0.4 is 0 Å². The molecule has 2 aromatic rings. The molecular formula is C41H60O9. The monoisotopic (exact) mass is 696 g/mol. The van der Waals surface area contributed by atoms with Crippen molar-refractivity contribution in [3.05, 3.63) is 62.7 Å². The van der Waals surface area contributed by atoms with Crippen molar-refractivity contribution in [2.45, 2.75) is 162 Å². The Labute approximate surface area is 298 Å². The second kappa shape index (κ2) is 21.4. The van der Waals surface area contributed by atoms with Gasteiger partial charge in [-0.25, -0.2) is 14.4 Å². The average molecular weight is 697 g/mol. The van der Waals surface area contributed by atoms with Crippen molar-refractivity contribution in [3.8, 4) is 5.75 Å². The van der Waals surface area contributed by atoms with E-state index in [1.165, 1.54) is 12.1 Å². The predicted octanol–water partition coefficient (Wildman–Crippen LogP) is 10.2. The van der Waals surface area contributed by atoms with Gasteiger partial charge in [-0.1, -0.05) is 117 Å². The molecule has 1 atom stereocenters. The fraction of sp³-hybridized carbons (Fsp3) is 0.610. The van der Waals surface area contributed by atoms with E-state index in [0.717, 1.165) is 76.7 Å². The molecule has 0 radical (unpaired) electrons. The van der Waals surface area contributed by atoms with Gasteiger partial charge in [0.2, 0.25) is 0 Å². The lowest BCUT2D eigenvalue weighted by atomic mass is 9.65. The van der Waals surface area contributed by atoms with Gasteiger partial charge in [0.05, 0.1) is 11.1 Å². The number of aromatic hydroxyl groups is 1. The van der Waals surface area contributed by atoms with Gasteiger partial charge in [-0.05, 0) is 84.9 Å². The number of hydrogen-bond donors (Lipinski definition) is 5. The summed E-state index contributed by atoms with van der Waals surface area (Å²) >= 11 is 0. The Morgan fingerprint density at radius 3 is 1.44 bits per heavy atom. The van der Waals surface area contributed by atoms with Crippen LogP contribution in [0, 0.1) is 0 Å². The topological polar surface area (TPSA) is 169 Å². The normalized spacial score (nSPS) is 12.5. The maximum absolute atomic E-state index is 14.1. The van der Waals surface area contributed by atoms with Gasteiger partial charge in [-0.15, -0.1) is 0 Å². The number of rotatable bonds is 26. The first-order valence-electron chi connectivity index (χ1n) is 18.9. The summed E-state index contributed by atoms with van der Waals surface area (Å²) < 4.78 is 0. The Kier molecular flexibility index (Phi) is 18.1. The Bertz CT molecular complexity index is 1440. The molecule has 278 valence electrons. The first-order valence-corrected chi connectivity index (χ1v) is 18.9. The Morgan fingerprint density at radius 1 is 0.540 bits per heavy atom. The molecule has 0 spiro atoms. The van der Waals surface area contributed by atoms with Gasteiger partial charge in [0.1, 0.15) is 16.7 Å².